The lowest BCUT2D eigenvalue weighted by Gasteiger charge is -2.08. The van der Waals surface area contributed by atoms with Gasteiger partial charge in [0.25, 0.3) is 0 Å². The molecule has 1 heterocycles. The Hall–Kier alpha value is -2.10. The normalized spacial score (nSPS) is 10.7. The Morgan fingerprint density at radius 3 is 1.92 bits per heavy atom. The number of aromatic nitrogens is 2. The van der Waals surface area contributed by atoms with E-state index in [1.165, 1.54) is 32.1 Å². The second-order valence-corrected chi connectivity index (χ2v) is 6.58. The highest BCUT2D eigenvalue weighted by Gasteiger charge is 2.03. The maximum atomic E-state index is 5.82. The lowest BCUT2D eigenvalue weighted by atomic mass is 10.1. The Bertz CT molecular complexity index is 597. The maximum absolute atomic E-state index is 5.82. The van der Waals surface area contributed by atoms with E-state index in [0.29, 0.717) is 12.4 Å². The Morgan fingerprint density at radius 2 is 1.23 bits per heavy atom. The fraction of sp³-hybridized carbons (Fsp3) is 0.545. The van der Waals surface area contributed by atoms with Crippen molar-refractivity contribution in [1.29, 1.82) is 0 Å². The molecule has 142 valence electrons. The summed E-state index contributed by atoms with van der Waals surface area (Å²) in [5.74, 6) is 2.33. The first-order valence-corrected chi connectivity index (χ1v) is 10.0. The summed E-state index contributed by atoms with van der Waals surface area (Å²) in [5, 5.41) is 0. The molecule has 2 aromatic rings. The Morgan fingerprint density at radius 1 is 0.654 bits per heavy atom. The summed E-state index contributed by atoms with van der Waals surface area (Å²) >= 11 is 0. The third kappa shape index (κ3) is 7.42. The van der Waals surface area contributed by atoms with Crippen LogP contribution in [0.1, 0.15) is 65.2 Å². The predicted molar refractivity (Wildman–Crippen MR) is 107 cm³/mol. The van der Waals surface area contributed by atoms with Crippen molar-refractivity contribution in [1.82, 2.24) is 9.97 Å². The zero-order valence-electron chi connectivity index (χ0n) is 16.2. The summed E-state index contributed by atoms with van der Waals surface area (Å²) in [6, 6.07) is 7.98. The van der Waals surface area contributed by atoms with Crippen LogP contribution < -0.4 is 9.47 Å². The Balaban J connectivity index is 1.74. The molecule has 2 rings (SSSR count). The van der Waals surface area contributed by atoms with Crippen LogP contribution in [0.2, 0.25) is 0 Å². The number of nitrogens with zero attached hydrogens (tertiary/aromatic N) is 2. The van der Waals surface area contributed by atoms with Crippen molar-refractivity contribution < 1.29 is 9.47 Å². The van der Waals surface area contributed by atoms with E-state index in [4.69, 9.17) is 9.47 Å². The average molecular weight is 357 g/mol. The maximum Gasteiger partial charge on any atom is 0.159 e. The average Bonchev–Trinajstić information content (AvgIpc) is 2.69. The zero-order chi connectivity index (χ0) is 18.5. The summed E-state index contributed by atoms with van der Waals surface area (Å²) in [6.07, 6.45) is 13.3. The molecule has 0 atom stereocenters. The van der Waals surface area contributed by atoms with E-state index in [1.54, 1.807) is 12.4 Å². The van der Waals surface area contributed by atoms with Crippen LogP contribution >= 0.6 is 0 Å². The Labute approximate surface area is 158 Å². The van der Waals surface area contributed by atoms with Crippen molar-refractivity contribution in [3.63, 3.8) is 0 Å². The number of hydrogen-bond acceptors (Lipinski definition) is 4. The van der Waals surface area contributed by atoms with Crippen LogP contribution in [0.4, 0.5) is 0 Å². The zero-order valence-corrected chi connectivity index (χ0v) is 16.2. The molecule has 0 saturated carbocycles. The molecule has 4 nitrogen and oxygen atoms in total. The molecule has 0 spiro atoms. The molecule has 0 N–H and O–H groups in total. The lowest BCUT2D eigenvalue weighted by molar-refractivity contribution is 0.304. The third-order valence-electron chi connectivity index (χ3n) is 4.27. The van der Waals surface area contributed by atoms with Gasteiger partial charge in [-0.15, -0.1) is 0 Å². The quantitative estimate of drug-likeness (QED) is 0.409. The fourth-order valence-corrected chi connectivity index (χ4v) is 2.65. The van der Waals surface area contributed by atoms with Gasteiger partial charge >= 0.3 is 0 Å². The predicted octanol–water partition coefficient (Wildman–Crippen LogP) is 6.06. The van der Waals surface area contributed by atoms with Gasteiger partial charge in [-0.3, -0.25) is 0 Å². The molecular weight excluding hydrogens is 324 g/mol. The van der Waals surface area contributed by atoms with Crippen molar-refractivity contribution in [2.75, 3.05) is 13.2 Å². The van der Waals surface area contributed by atoms with E-state index in [9.17, 15) is 0 Å². The van der Waals surface area contributed by atoms with Gasteiger partial charge in [0.1, 0.15) is 5.75 Å². The molecule has 0 bridgehead atoms. The fourth-order valence-electron chi connectivity index (χ4n) is 2.65. The van der Waals surface area contributed by atoms with Crippen molar-refractivity contribution >= 4 is 0 Å². The summed E-state index contributed by atoms with van der Waals surface area (Å²) < 4.78 is 11.4. The van der Waals surface area contributed by atoms with Gasteiger partial charge in [0, 0.05) is 5.56 Å². The standard InChI is InChI=1S/C22H32N2O2/c1-3-5-7-8-9-10-16-25-20-13-11-19(12-14-20)22-23-17-21(18-24-22)26-15-6-4-2/h11-14,17-18H,3-10,15-16H2,1-2H3. The van der Waals surface area contributed by atoms with Gasteiger partial charge in [0.2, 0.25) is 0 Å². The molecule has 0 aliphatic rings. The SMILES string of the molecule is CCCCCCCCOc1ccc(-c2ncc(OCCCC)cn2)cc1. The second kappa shape index (κ2) is 12.3. The summed E-state index contributed by atoms with van der Waals surface area (Å²) in [6.45, 7) is 5.88. The summed E-state index contributed by atoms with van der Waals surface area (Å²) in [4.78, 5) is 8.78. The van der Waals surface area contributed by atoms with Gasteiger partial charge in [-0.05, 0) is 37.1 Å². The molecule has 0 fully saturated rings. The topological polar surface area (TPSA) is 44.2 Å². The first-order chi connectivity index (χ1) is 12.8. The summed E-state index contributed by atoms with van der Waals surface area (Å²) in [5.41, 5.74) is 0.983. The number of ether oxygens (including phenoxy) is 2. The van der Waals surface area contributed by atoms with Crippen LogP contribution in [0, 0.1) is 0 Å². The van der Waals surface area contributed by atoms with Crippen LogP contribution in [0.15, 0.2) is 36.7 Å². The molecule has 4 heteroatoms. The van der Waals surface area contributed by atoms with Crippen molar-refractivity contribution in [3.05, 3.63) is 36.7 Å². The molecule has 0 radical (unpaired) electrons. The number of unbranched alkanes of at least 4 members (excludes halogenated alkanes) is 6. The molecule has 1 aromatic heterocycles. The monoisotopic (exact) mass is 356 g/mol. The molecule has 0 amide bonds. The molecule has 0 unspecified atom stereocenters. The number of hydrogen-bond donors (Lipinski definition) is 0. The van der Waals surface area contributed by atoms with Gasteiger partial charge in [-0.1, -0.05) is 52.4 Å². The first-order valence-electron chi connectivity index (χ1n) is 10.0. The Kier molecular flexibility index (Phi) is 9.55. The molecule has 0 aliphatic carbocycles. The number of benzene rings is 1. The van der Waals surface area contributed by atoms with Gasteiger partial charge < -0.3 is 9.47 Å². The van der Waals surface area contributed by atoms with Crippen LogP contribution in [-0.4, -0.2) is 23.2 Å². The van der Waals surface area contributed by atoms with E-state index in [0.717, 1.165) is 42.9 Å². The van der Waals surface area contributed by atoms with Crippen molar-refractivity contribution in [3.8, 4) is 22.9 Å². The van der Waals surface area contributed by atoms with Crippen LogP contribution in [0.5, 0.6) is 11.5 Å². The largest absolute Gasteiger partial charge is 0.494 e. The van der Waals surface area contributed by atoms with E-state index in [2.05, 4.69) is 23.8 Å². The highest BCUT2D eigenvalue weighted by molar-refractivity contribution is 5.56. The minimum Gasteiger partial charge on any atom is -0.494 e. The van der Waals surface area contributed by atoms with Gasteiger partial charge in [-0.2, -0.15) is 0 Å². The summed E-state index contributed by atoms with van der Waals surface area (Å²) in [7, 11) is 0. The second-order valence-electron chi connectivity index (χ2n) is 6.58. The van der Waals surface area contributed by atoms with E-state index < -0.39 is 0 Å². The molecule has 26 heavy (non-hydrogen) atoms. The van der Waals surface area contributed by atoms with Gasteiger partial charge in [0.05, 0.1) is 25.6 Å². The smallest absolute Gasteiger partial charge is 0.159 e. The lowest BCUT2D eigenvalue weighted by Crippen LogP contribution is -1.99. The van der Waals surface area contributed by atoms with E-state index in [1.807, 2.05) is 24.3 Å². The highest BCUT2D eigenvalue weighted by Crippen LogP contribution is 2.20. The molecule has 0 saturated heterocycles. The van der Waals surface area contributed by atoms with Crippen LogP contribution in [0.25, 0.3) is 11.4 Å². The van der Waals surface area contributed by atoms with Crippen LogP contribution in [-0.2, 0) is 0 Å². The first kappa shape index (κ1) is 20.2. The van der Waals surface area contributed by atoms with Crippen molar-refractivity contribution in [2.45, 2.75) is 65.2 Å². The molecular formula is C22H32N2O2. The molecule has 0 aliphatic heterocycles. The van der Waals surface area contributed by atoms with Gasteiger partial charge in [0.15, 0.2) is 11.6 Å². The third-order valence-corrected chi connectivity index (χ3v) is 4.27. The van der Waals surface area contributed by atoms with Gasteiger partial charge in [-0.25, -0.2) is 9.97 Å². The minimum atomic E-state index is 0.704. The van der Waals surface area contributed by atoms with E-state index in [-0.39, 0.29) is 0 Å². The minimum absolute atomic E-state index is 0.704. The van der Waals surface area contributed by atoms with Crippen LogP contribution in [0.3, 0.4) is 0 Å². The van der Waals surface area contributed by atoms with Crippen molar-refractivity contribution in [2.24, 2.45) is 0 Å². The van der Waals surface area contributed by atoms with E-state index >= 15 is 0 Å². The highest BCUT2D eigenvalue weighted by atomic mass is 16.5. The number of rotatable bonds is 13. The molecule has 1 aromatic carbocycles.